The molecule has 4 rings (SSSR count). The topological polar surface area (TPSA) is 75.7 Å². The van der Waals surface area contributed by atoms with Gasteiger partial charge in [0, 0.05) is 16.3 Å². The highest BCUT2D eigenvalue weighted by atomic mass is 35.5. The van der Waals surface area contributed by atoms with Gasteiger partial charge in [0.25, 0.3) is 11.1 Å². The number of ether oxygens (including phenoxy) is 1. The van der Waals surface area contributed by atoms with Crippen LogP contribution in [0.4, 0.5) is 10.5 Å². The molecular weight excluding hydrogens is 472 g/mol. The predicted molar refractivity (Wildman–Crippen MR) is 135 cm³/mol. The molecule has 0 radical (unpaired) electrons. The number of imide groups is 1. The molecule has 0 spiro atoms. The first-order valence-electron chi connectivity index (χ1n) is 10.5. The Balaban J connectivity index is 1.45. The quantitative estimate of drug-likeness (QED) is 0.415. The van der Waals surface area contributed by atoms with E-state index >= 15 is 0 Å². The molecule has 0 bridgehead atoms. The molecule has 3 aromatic carbocycles. The molecule has 0 aromatic heterocycles. The zero-order valence-electron chi connectivity index (χ0n) is 18.3. The Bertz CT molecular complexity index is 1290. The normalized spacial score (nSPS) is 14.5. The fourth-order valence-corrected chi connectivity index (χ4v) is 4.40. The lowest BCUT2D eigenvalue weighted by Crippen LogP contribution is -2.36. The number of nitrogens with one attached hydrogen (secondary N) is 1. The van der Waals surface area contributed by atoms with Gasteiger partial charge in [-0.15, -0.1) is 0 Å². The van der Waals surface area contributed by atoms with Crippen LogP contribution in [0.1, 0.15) is 16.7 Å². The zero-order chi connectivity index (χ0) is 24.1. The van der Waals surface area contributed by atoms with Crippen molar-refractivity contribution < 1.29 is 19.1 Å². The summed E-state index contributed by atoms with van der Waals surface area (Å²) in [6.07, 6.45) is 1.62. The number of hydrogen-bond acceptors (Lipinski definition) is 5. The number of hydrogen-bond donors (Lipinski definition) is 1. The van der Waals surface area contributed by atoms with Gasteiger partial charge in [-0.3, -0.25) is 19.3 Å². The minimum absolute atomic E-state index is 0.229. The van der Waals surface area contributed by atoms with Crippen LogP contribution in [-0.2, 0) is 16.2 Å². The highest BCUT2D eigenvalue weighted by molar-refractivity contribution is 8.18. The Kier molecular flexibility index (Phi) is 7.35. The van der Waals surface area contributed by atoms with Gasteiger partial charge in [0.2, 0.25) is 5.91 Å². The van der Waals surface area contributed by atoms with E-state index in [2.05, 4.69) is 5.32 Å². The van der Waals surface area contributed by atoms with Crippen molar-refractivity contribution in [3.8, 4) is 5.75 Å². The lowest BCUT2D eigenvalue weighted by molar-refractivity contribution is -0.127. The summed E-state index contributed by atoms with van der Waals surface area (Å²) in [5, 5.41) is 2.61. The van der Waals surface area contributed by atoms with Crippen LogP contribution in [0.25, 0.3) is 6.08 Å². The highest BCUT2D eigenvalue weighted by Gasteiger charge is 2.36. The van der Waals surface area contributed by atoms with Gasteiger partial charge >= 0.3 is 0 Å². The number of rotatable bonds is 7. The average Bonchev–Trinajstić information content (AvgIpc) is 3.06. The Hall–Kier alpha value is -3.55. The molecule has 1 N–H and O–H groups in total. The lowest BCUT2D eigenvalue weighted by atomic mass is 10.1. The molecule has 1 saturated heterocycles. The Morgan fingerprint density at radius 1 is 1.06 bits per heavy atom. The van der Waals surface area contributed by atoms with Crippen molar-refractivity contribution >= 4 is 52.2 Å². The zero-order valence-corrected chi connectivity index (χ0v) is 19.9. The first kappa shape index (κ1) is 23.6. The number of benzene rings is 3. The molecule has 3 amide bonds. The van der Waals surface area contributed by atoms with Gasteiger partial charge in [-0.1, -0.05) is 65.7 Å². The van der Waals surface area contributed by atoms with Crippen LogP contribution in [-0.4, -0.2) is 28.5 Å². The summed E-state index contributed by atoms with van der Waals surface area (Å²) in [5.74, 6) is -0.424. The number of halogens is 1. The van der Waals surface area contributed by atoms with Crippen LogP contribution < -0.4 is 10.1 Å². The number of thioether (sulfide) groups is 1. The van der Waals surface area contributed by atoms with Crippen molar-refractivity contribution in [1.82, 2.24) is 4.90 Å². The molecule has 3 aromatic rings. The number of para-hydroxylation sites is 1. The van der Waals surface area contributed by atoms with Gasteiger partial charge in [0.15, 0.2) is 0 Å². The molecule has 1 aliphatic rings. The molecular formula is C26H21ClN2O4S. The molecule has 1 fully saturated rings. The summed E-state index contributed by atoms with van der Waals surface area (Å²) in [6, 6.07) is 21.9. The summed E-state index contributed by atoms with van der Waals surface area (Å²) in [6.45, 7) is 2.00. The van der Waals surface area contributed by atoms with Crippen LogP contribution in [0.15, 0.2) is 77.7 Å². The maximum atomic E-state index is 12.9. The predicted octanol–water partition coefficient (Wildman–Crippen LogP) is 5.90. The van der Waals surface area contributed by atoms with E-state index in [1.807, 2.05) is 55.5 Å². The molecule has 8 heteroatoms. The van der Waals surface area contributed by atoms with Crippen molar-refractivity contribution in [2.24, 2.45) is 0 Å². The summed E-state index contributed by atoms with van der Waals surface area (Å²) in [5.41, 5.74) is 3.33. The van der Waals surface area contributed by atoms with E-state index in [9.17, 15) is 14.4 Å². The van der Waals surface area contributed by atoms with Crippen molar-refractivity contribution in [2.45, 2.75) is 13.5 Å². The van der Waals surface area contributed by atoms with E-state index in [0.717, 1.165) is 27.8 Å². The van der Waals surface area contributed by atoms with Crippen molar-refractivity contribution in [1.29, 1.82) is 0 Å². The first-order valence-corrected chi connectivity index (χ1v) is 11.7. The highest BCUT2D eigenvalue weighted by Crippen LogP contribution is 2.34. The van der Waals surface area contributed by atoms with Crippen molar-refractivity contribution in [3.05, 3.63) is 99.4 Å². The lowest BCUT2D eigenvalue weighted by Gasteiger charge is -2.12. The van der Waals surface area contributed by atoms with Gasteiger partial charge in [-0.2, -0.15) is 0 Å². The van der Waals surface area contributed by atoms with Crippen LogP contribution in [0.5, 0.6) is 5.75 Å². The van der Waals surface area contributed by atoms with E-state index in [0.29, 0.717) is 28.6 Å². The minimum atomic E-state index is -0.523. The Morgan fingerprint density at radius 3 is 2.65 bits per heavy atom. The van der Waals surface area contributed by atoms with E-state index < -0.39 is 17.1 Å². The summed E-state index contributed by atoms with van der Waals surface area (Å²) >= 11 is 6.72. The fourth-order valence-electron chi connectivity index (χ4n) is 3.38. The molecule has 172 valence electrons. The van der Waals surface area contributed by atoms with E-state index in [4.69, 9.17) is 16.3 Å². The molecule has 0 atom stereocenters. The Morgan fingerprint density at radius 2 is 1.85 bits per heavy atom. The average molecular weight is 493 g/mol. The number of carbonyl (C=O) groups excluding carboxylic acids is 3. The van der Waals surface area contributed by atoms with Gasteiger partial charge in [0.1, 0.15) is 18.9 Å². The third-order valence-electron chi connectivity index (χ3n) is 4.97. The second-order valence-electron chi connectivity index (χ2n) is 7.64. The number of carbonyl (C=O) groups is 3. The van der Waals surface area contributed by atoms with Crippen LogP contribution in [0.2, 0.25) is 5.02 Å². The first-order chi connectivity index (χ1) is 16.4. The third kappa shape index (κ3) is 5.87. The maximum Gasteiger partial charge on any atom is 0.294 e. The van der Waals surface area contributed by atoms with Crippen LogP contribution in [0, 0.1) is 6.92 Å². The van der Waals surface area contributed by atoms with E-state index in [1.54, 1.807) is 30.3 Å². The second kappa shape index (κ2) is 10.6. The largest absolute Gasteiger partial charge is 0.488 e. The second-order valence-corrected chi connectivity index (χ2v) is 9.07. The number of anilines is 1. The third-order valence-corrected chi connectivity index (χ3v) is 6.11. The molecule has 1 heterocycles. The van der Waals surface area contributed by atoms with E-state index in [-0.39, 0.29) is 11.4 Å². The molecule has 1 aliphatic heterocycles. The standard InChI is InChI=1S/C26H21ClN2O4S/c1-17-6-4-7-18(12-17)16-33-22-11-3-2-8-19(22)13-23-25(31)29(26(32)34-23)15-24(30)28-21-10-5-9-20(27)14-21/h2-14H,15-16H2,1H3,(H,28,30)/b23-13+. The van der Waals surface area contributed by atoms with Crippen LogP contribution in [0.3, 0.4) is 0 Å². The van der Waals surface area contributed by atoms with Crippen molar-refractivity contribution in [3.63, 3.8) is 0 Å². The summed E-state index contributed by atoms with van der Waals surface area (Å²) < 4.78 is 5.98. The van der Waals surface area contributed by atoms with E-state index in [1.165, 1.54) is 0 Å². The molecule has 0 saturated carbocycles. The number of amides is 3. The smallest absolute Gasteiger partial charge is 0.294 e. The van der Waals surface area contributed by atoms with Gasteiger partial charge in [-0.05, 0) is 54.6 Å². The van der Waals surface area contributed by atoms with Gasteiger partial charge in [0.05, 0.1) is 4.91 Å². The Labute approximate surface area is 206 Å². The fraction of sp³-hybridized carbons (Fsp3) is 0.115. The SMILES string of the molecule is Cc1cccc(COc2ccccc2/C=C2/SC(=O)N(CC(=O)Nc3cccc(Cl)c3)C2=O)c1. The molecule has 0 unspecified atom stereocenters. The number of aryl methyl sites for hydroxylation is 1. The summed E-state index contributed by atoms with van der Waals surface area (Å²) in [7, 11) is 0. The monoisotopic (exact) mass is 492 g/mol. The number of nitrogens with zero attached hydrogens (tertiary/aromatic N) is 1. The minimum Gasteiger partial charge on any atom is -0.488 e. The van der Waals surface area contributed by atoms with Crippen molar-refractivity contribution in [2.75, 3.05) is 11.9 Å². The van der Waals surface area contributed by atoms with Gasteiger partial charge in [-0.25, -0.2) is 0 Å². The van der Waals surface area contributed by atoms with Gasteiger partial charge < -0.3 is 10.1 Å². The summed E-state index contributed by atoms with van der Waals surface area (Å²) in [4.78, 5) is 38.9. The maximum absolute atomic E-state index is 12.9. The molecule has 0 aliphatic carbocycles. The van der Waals surface area contributed by atoms with Crippen LogP contribution >= 0.6 is 23.4 Å². The molecule has 34 heavy (non-hydrogen) atoms. The molecule has 6 nitrogen and oxygen atoms in total.